The molecule has 1 aliphatic rings. The Balaban J connectivity index is 1.69. The van der Waals surface area contributed by atoms with E-state index in [4.69, 9.17) is 9.47 Å². The Morgan fingerprint density at radius 1 is 0.972 bits per heavy atom. The zero-order chi connectivity index (χ0) is 25.8. The van der Waals surface area contributed by atoms with Gasteiger partial charge in [-0.05, 0) is 89.9 Å². The van der Waals surface area contributed by atoms with Gasteiger partial charge in [-0.2, -0.15) is 0 Å². The molecular weight excluding hydrogens is 571 g/mol. The molecule has 184 valence electrons. The number of aryl methyl sites for hydroxylation is 1. The predicted octanol–water partition coefficient (Wildman–Crippen LogP) is 5.55. The fourth-order valence-corrected chi connectivity index (χ4v) is 4.61. The minimum Gasteiger partial charge on any atom is -0.490 e. The van der Waals surface area contributed by atoms with Crippen LogP contribution in [0.4, 0.5) is 10.5 Å². The van der Waals surface area contributed by atoms with Crippen molar-refractivity contribution in [3.8, 4) is 11.5 Å². The van der Waals surface area contributed by atoms with E-state index in [9.17, 15) is 14.4 Å². The number of nitrogens with zero attached hydrogens (tertiary/aromatic N) is 1. The summed E-state index contributed by atoms with van der Waals surface area (Å²) in [7, 11) is 0. The van der Waals surface area contributed by atoms with Crippen LogP contribution in [0.25, 0.3) is 6.08 Å². The van der Waals surface area contributed by atoms with E-state index in [0.717, 1.165) is 25.2 Å². The highest BCUT2D eigenvalue weighted by Crippen LogP contribution is 2.36. The summed E-state index contributed by atoms with van der Waals surface area (Å²) in [5.41, 5.74) is 3.59. The normalized spacial score (nSPS) is 14.7. The van der Waals surface area contributed by atoms with Gasteiger partial charge in [0.1, 0.15) is 12.2 Å². The molecule has 7 nitrogen and oxygen atoms in total. The first-order valence-corrected chi connectivity index (χ1v) is 12.5. The summed E-state index contributed by atoms with van der Waals surface area (Å²) in [4.78, 5) is 39.6. The average molecular weight is 596 g/mol. The van der Waals surface area contributed by atoms with Gasteiger partial charge in [0.15, 0.2) is 11.5 Å². The van der Waals surface area contributed by atoms with E-state index in [1.807, 2.05) is 57.2 Å². The van der Waals surface area contributed by atoms with Gasteiger partial charge in [0.05, 0.1) is 15.9 Å². The van der Waals surface area contributed by atoms with Crippen molar-refractivity contribution in [2.45, 2.75) is 27.4 Å². The van der Waals surface area contributed by atoms with Crippen LogP contribution in [0.2, 0.25) is 0 Å². The first kappa shape index (κ1) is 25.4. The van der Waals surface area contributed by atoms with Crippen LogP contribution < -0.4 is 19.7 Å². The minimum atomic E-state index is -0.773. The van der Waals surface area contributed by atoms with Gasteiger partial charge >= 0.3 is 6.03 Å². The lowest BCUT2D eigenvalue weighted by atomic mass is 10.0. The number of amides is 4. The van der Waals surface area contributed by atoms with Crippen molar-refractivity contribution < 1.29 is 23.9 Å². The molecule has 0 spiro atoms. The molecule has 0 unspecified atom stereocenters. The van der Waals surface area contributed by atoms with Crippen molar-refractivity contribution in [3.05, 3.63) is 92.1 Å². The molecule has 3 aromatic carbocycles. The standard InChI is InChI=1S/C28H25IN2O5/c1-4-35-24-15-20(14-22(29)25(24)36-16-19-10-6-5-7-11-19)13-21-26(32)30-28(34)31(27(21)33)23-12-8-9-17(2)18(23)3/h5-15H,4,16H2,1-3H3,(H,30,32,34)/b21-13+. The van der Waals surface area contributed by atoms with Gasteiger partial charge in [-0.3, -0.25) is 14.9 Å². The second kappa shape index (κ2) is 10.9. The molecule has 0 atom stereocenters. The summed E-state index contributed by atoms with van der Waals surface area (Å²) in [5.74, 6) is -0.355. The lowest BCUT2D eigenvalue weighted by molar-refractivity contribution is -0.122. The Morgan fingerprint density at radius 2 is 1.72 bits per heavy atom. The summed E-state index contributed by atoms with van der Waals surface area (Å²) in [6.45, 7) is 6.36. The zero-order valence-electron chi connectivity index (χ0n) is 20.1. The van der Waals surface area contributed by atoms with Gasteiger partial charge in [-0.25, -0.2) is 9.69 Å². The Labute approximate surface area is 223 Å². The third-order valence-corrected chi connectivity index (χ3v) is 6.59. The number of nitrogens with one attached hydrogen (secondary N) is 1. The number of hydrogen-bond acceptors (Lipinski definition) is 5. The number of benzene rings is 3. The van der Waals surface area contributed by atoms with Crippen molar-refractivity contribution >= 4 is 52.2 Å². The molecule has 1 heterocycles. The third-order valence-electron chi connectivity index (χ3n) is 5.79. The number of imide groups is 2. The molecular formula is C28H25IN2O5. The van der Waals surface area contributed by atoms with Crippen LogP contribution in [0.1, 0.15) is 29.2 Å². The first-order chi connectivity index (χ1) is 17.3. The zero-order valence-corrected chi connectivity index (χ0v) is 22.3. The average Bonchev–Trinajstić information content (AvgIpc) is 2.84. The number of carbonyl (C=O) groups excluding carboxylic acids is 3. The molecule has 1 saturated heterocycles. The van der Waals surface area contributed by atoms with Crippen LogP contribution in [0, 0.1) is 17.4 Å². The molecule has 8 heteroatoms. The Morgan fingerprint density at radius 3 is 2.44 bits per heavy atom. The molecule has 3 aromatic rings. The maximum atomic E-state index is 13.4. The molecule has 0 aromatic heterocycles. The number of halogens is 1. The summed E-state index contributed by atoms with van der Waals surface area (Å²) in [6.07, 6.45) is 1.47. The number of urea groups is 1. The van der Waals surface area contributed by atoms with E-state index in [2.05, 4.69) is 27.9 Å². The molecule has 4 amide bonds. The van der Waals surface area contributed by atoms with Crippen molar-refractivity contribution in [2.24, 2.45) is 0 Å². The van der Waals surface area contributed by atoms with Gasteiger partial charge < -0.3 is 9.47 Å². The number of rotatable bonds is 7. The molecule has 1 fully saturated rings. The van der Waals surface area contributed by atoms with Crippen molar-refractivity contribution in [1.29, 1.82) is 0 Å². The van der Waals surface area contributed by atoms with Gasteiger partial charge in [0.2, 0.25) is 0 Å². The lowest BCUT2D eigenvalue weighted by Gasteiger charge is -2.28. The highest BCUT2D eigenvalue weighted by molar-refractivity contribution is 14.1. The molecule has 0 saturated carbocycles. The Kier molecular flexibility index (Phi) is 7.73. The fourth-order valence-electron chi connectivity index (χ4n) is 3.82. The topological polar surface area (TPSA) is 84.9 Å². The Bertz CT molecular complexity index is 1370. The maximum absolute atomic E-state index is 13.4. The summed E-state index contributed by atoms with van der Waals surface area (Å²) in [5, 5.41) is 2.28. The van der Waals surface area contributed by atoms with E-state index in [1.54, 1.807) is 24.3 Å². The van der Waals surface area contributed by atoms with E-state index in [1.165, 1.54) is 6.08 Å². The maximum Gasteiger partial charge on any atom is 0.335 e. The quantitative estimate of drug-likeness (QED) is 0.220. The molecule has 0 aliphatic carbocycles. The number of barbiturate groups is 1. The van der Waals surface area contributed by atoms with Gasteiger partial charge in [-0.1, -0.05) is 42.5 Å². The molecule has 0 radical (unpaired) electrons. The number of anilines is 1. The fraction of sp³-hybridized carbons (Fsp3) is 0.179. The van der Waals surface area contributed by atoms with Crippen molar-refractivity contribution in [1.82, 2.24) is 5.32 Å². The SMILES string of the molecule is CCOc1cc(/C=C2\C(=O)NC(=O)N(c3cccc(C)c3C)C2=O)cc(I)c1OCc1ccccc1. The molecule has 1 aliphatic heterocycles. The molecule has 0 bridgehead atoms. The summed E-state index contributed by atoms with van der Waals surface area (Å²) >= 11 is 2.14. The highest BCUT2D eigenvalue weighted by atomic mass is 127. The van der Waals surface area contributed by atoms with Crippen molar-refractivity contribution in [3.63, 3.8) is 0 Å². The van der Waals surface area contributed by atoms with Gasteiger partial charge in [0.25, 0.3) is 11.8 Å². The summed E-state index contributed by atoms with van der Waals surface area (Å²) < 4.78 is 12.6. The second-order valence-electron chi connectivity index (χ2n) is 8.21. The van der Waals surface area contributed by atoms with Crippen LogP contribution in [0.3, 0.4) is 0 Å². The smallest absolute Gasteiger partial charge is 0.335 e. The third kappa shape index (κ3) is 5.28. The van der Waals surface area contributed by atoms with Gasteiger partial charge in [-0.15, -0.1) is 0 Å². The van der Waals surface area contributed by atoms with E-state index in [0.29, 0.717) is 36.0 Å². The van der Waals surface area contributed by atoms with E-state index in [-0.39, 0.29) is 5.57 Å². The van der Waals surface area contributed by atoms with Crippen LogP contribution >= 0.6 is 22.6 Å². The molecule has 1 N–H and O–H groups in total. The Hall–Kier alpha value is -3.66. The lowest BCUT2D eigenvalue weighted by Crippen LogP contribution is -2.54. The number of carbonyl (C=O) groups is 3. The van der Waals surface area contributed by atoms with Gasteiger partial charge in [0, 0.05) is 0 Å². The monoisotopic (exact) mass is 596 g/mol. The molecule has 36 heavy (non-hydrogen) atoms. The van der Waals surface area contributed by atoms with Crippen LogP contribution in [0.15, 0.2) is 66.2 Å². The molecule has 4 rings (SSSR count). The van der Waals surface area contributed by atoms with Crippen LogP contribution in [0.5, 0.6) is 11.5 Å². The largest absolute Gasteiger partial charge is 0.490 e. The van der Waals surface area contributed by atoms with Crippen LogP contribution in [-0.2, 0) is 16.2 Å². The van der Waals surface area contributed by atoms with E-state index >= 15 is 0 Å². The predicted molar refractivity (Wildman–Crippen MR) is 146 cm³/mol. The minimum absolute atomic E-state index is 0.147. The number of hydrogen-bond donors (Lipinski definition) is 1. The van der Waals surface area contributed by atoms with Crippen molar-refractivity contribution in [2.75, 3.05) is 11.5 Å². The van der Waals surface area contributed by atoms with E-state index < -0.39 is 17.8 Å². The first-order valence-electron chi connectivity index (χ1n) is 11.4. The van der Waals surface area contributed by atoms with Crippen LogP contribution in [-0.4, -0.2) is 24.5 Å². The highest BCUT2D eigenvalue weighted by Gasteiger charge is 2.37. The second-order valence-corrected chi connectivity index (χ2v) is 9.38. The number of ether oxygens (including phenoxy) is 2. The summed E-state index contributed by atoms with van der Waals surface area (Å²) in [6, 6.07) is 17.9.